The van der Waals surface area contributed by atoms with Gasteiger partial charge in [-0.1, -0.05) is 12.1 Å². The van der Waals surface area contributed by atoms with Crippen LogP contribution in [-0.2, 0) is 6.42 Å². The fraction of sp³-hybridized carbons (Fsp3) is 0.333. The zero-order valence-electron chi connectivity index (χ0n) is 11.7. The maximum atomic E-state index is 12.8. The molecule has 0 aliphatic heterocycles. The zero-order valence-corrected chi connectivity index (χ0v) is 11.7. The summed E-state index contributed by atoms with van der Waals surface area (Å²) >= 11 is 0. The minimum absolute atomic E-state index is 0.187. The van der Waals surface area contributed by atoms with Crippen LogP contribution in [0.1, 0.15) is 19.4 Å². The van der Waals surface area contributed by atoms with Crippen LogP contribution in [0.4, 0.5) is 16.0 Å². The van der Waals surface area contributed by atoms with Crippen molar-refractivity contribution in [2.24, 2.45) is 0 Å². The predicted molar refractivity (Wildman–Crippen MR) is 79.4 cm³/mol. The van der Waals surface area contributed by atoms with Crippen LogP contribution in [0.15, 0.2) is 36.7 Å². The maximum Gasteiger partial charge on any atom is 0.147 e. The van der Waals surface area contributed by atoms with E-state index in [4.69, 9.17) is 0 Å². The molecule has 106 valence electrons. The second-order valence-electron chi connectivity index (χ2n) is 4.70. The van der Waals surface area contributed by atoms with Crippen molar-refractivity contribution in [3.05, 3.63) is 48.0 Å². The molecule has 20 heavy (non-hydrogen) atoms. The molecule has 0 spiro atoms. The Bertz CT molecular complexity index is 542. The Morgan fingerprint density at radius 2 is 1.85 bits per heavy atom. The lowest BCUT2D eigenvalue weighted by molar-refractivity contribution is 0.626. The van der Waals surface area contributed by atoms with Crippen molar-refractivity contribution in [3.63, 3.8) is 0 Å². The zero-order chi connectivity index (χ0) is 14.4. The van der Waals surface area contributed by atoms with E-state index < -0.39 is 0 Å². The number of benzene rings is 1. The number of hydrogen-bond acceptors (Lipinski definition) is 4. The number of halogens is 1. The van der Waals surface area contributed by atoms with Gasteiger partial charge < -0.3 is 10.6 Å². The summed E-state index contributed by atoms with van der Waals surface area (Å²) in [6.45, 7) is 4.88. The van der Waals surface area contributed by atoms with Crippen LogP contribution in [0.2, 0.25) is 0 Å². The molecule has 0 radical (unpaired) electrons. The third-order valence-electron chi connectivity index (χ3n) is 2.84. The molecule has 1 atom stereocenters. The number of rotatable bonds is 6. The van der Waals surface area contributed by atoms with Gasteiger partial charge in [-0.2, -0.15) is 0 Å². The summed E-state index contributed by atoms with van der Waals surface area (Å²) in [6.07, 6.45) is 4.19. The van der Waals surface area contributed by atoms with Gasteiger partial charge in [0.1, 0.15) is 17.5 Å². The Morgan fingerprint density at radius 1 is 1.15 bits per heavy atom. The van der Waals surface area contributed by atoms with Gasteiger partial charge in [-0.3, -0.25) is 4.98 Å². The predicted octanol–water partition coefficient (Wildman–Crippen LogP) is 3.09. The summed E-state index contributed by atoms with van der Waals surface area (Å²) < 4.78 is 12.8. The lowest BCUT2D eigenvalue weighted by Gasteiger charge is -2.15. The van der Waals surface area contributed by atoms with E-state index in [9.17, 15) is 4.39 Å². The van der Waals surface area contributed by atoms with Crippen molar-refractivity contribution in [2.45, 2.75) is 26.3 Å². The summed E-state index contributed by atoms with van der Waals surface area (Å²) in [7, 11) is 0. The Hall–Kier alpha value is -2.17. The average Bonchev–Trinajstić information content (AvgIpc) is 2.42. The highest BCUT2D eigenvalue weighted by Gasteiger charge is 2.05. The number of nitrogens with one attached hydrogen (secondary N) is 2. The molecule has 4 nitrogen and oxygen atoms in total. The lowest BCUT2D eigenvalue weighted by Crippen LogP contribution is -2.19. The van der Waals surface area contributed by atoms with E-state index in [0.29, 0.717) is 0 Å². The van der Waals surface area contributed by atoms with E-state index in [-0.39, 0.29) is 11.9 Å². The monoisotopic (exact) mass is 274 g/mol. The Balaban J connectivity index is 1.95. The maximum absolute atomic E-state index is 12.8. The molecule has 2 N–H and O–H groups in total. The molecule has 0 amide bonds. The Kier molecular flexibility index (Phi) is 4.87. The van der Waals surface area contributed by atoms with Gasteiger partial charge in [-0.25, -0.2) is 9.37 Å². The summed E-state index contributed by atoms with van der Waals surface area (Å²) in [5.74, 6) is 1.28. The largest absolute Gasteiger partial charge is 0.369 e. The number of nitrogens with zero attached hydrogens (tertiary/aromatic N) is 2. The van der Waals surface area contributed by atoms with Crippen molar-refractivity contribution >= 4 is 11.6 Å². The molecule has 0 saturated carbocycles. The third kappa shape index (κ3) is 4.19. The number of anilines is 2. The first-order chi connectivity index (χ1) is 9.67. The van der Waals surface area contributed by atoms with E-state index in [1.54, 1.807) is 24.5 Å². The van der Waals surface area contributed by atoms with Gasteiger partial charge in [0.2, 0.25) is 0 Å². The molecule has 0 saturated heterocycles. The first-order valence-corrected chi connectivity index (χ1v) is 6.74. The quantitative estimate of drug-likeness (QED) is 0.850. The van der Waals surface area contributed by atoms with Gasteiger partial charge >= 0.3 is 0 Å². The Morgan fingerprint density at radius 3 is 2.55 bits per heavy atom. The second kappa shape index (κ2) is 6.84. The normalized spacial score (nSPS) is 11.9. The van der Waals surface area contributed by atoms with Gasteiger partial charge in [-0.15, -0.1) is 0 Å². The van der Waals surface area contributed by atoms with Gasteiger partial charge in [-0.05, 0) is 38.0 Å². The summed E-state index contributed by atoms with van der Waals surface area (Å²) in [4.78, 5) is 8.55. The van der Waals surface area contributed by atoms with Crippen LogP contribution >= 0.6 is 0 Å². The van der Waals surface area contributed by atoms with Crippen LogP contribution in [0.25, 0.3) is 0 Å². The van der Waals surface area contributed by atoms with Gasteiger partial charge in [0.15, 0.2) is 0 Å². The molecule has 0 aliphatic carbocycles. The van der Waals surface area contributed by atoms with Crippen molar-refractivity contribution in [1.29, 1.82) is 0 Å². The summed E-state index contributed by atoms with van der Waals surface area (Å²) in [6, 6.07) is 6.75. The van der Waals surface area contributed by atoms with E-state index >= 15 is 0 Å². The highest BCUT2D eigenvalue weighted by Crippen LogP contribution is 2.11. The molecule has 1 heterocycles. The molecule has 0 bridgehead atoms. The molecular weight excluding hydrogens is 255 g/mol. The molecule has 5 heteroatoms. The summed E-state index contributed by atoms with van der Waals surface area (Å²) in [5.41, 5.74) is 1.09. The number of hydrogen-bond donors (Lipinski definition) is 2. The highest BCUT2D eigenvalue weighted by molar-refractivity contribution is 5.42. The van der Waals surface area contributed by atoms with Crippen LogP contribution in [0, 0.1) is 5.82 Å². The standard InChI is InChI=1S/C15H19FN4/c1-3-18-14-9-17-10-15(20-14)19-11(2)8-12-4-6-13(16)7-5-12/h4-7,9-11H,3,8H2,1-2H3,(H2,18,19,20). The van der Waals surface area contributed by atoms with Crippen molar-refractivity contribution < 1.29 is 4.39 Å². The minimum Gasteiger partial charge on any atom is -0.369 e. The third-order valence-corrected chi connectivity index (χ3v) is 2.84. The van der Waals surface area contributed by atoms with Crippen LogP contribution in [0.3, 0.4) is 0 Å². The molecule has 1 aromatic carbocycles. The van der Waals surface area contributed by atoms with E-state index in [1.165, 1.54) is 12.1 Å². The summed E-state index contributed by atoms with van der Waals surface area (Å²) in [5, 5.41) is 6.42. The van der Waals surface area contributed by atoms with Crippen LogP contribution in [-0.4, -0.2) is 22.6 Å². The van der Waals surface area contributed by atoms with Gasteiger partial charge in [0.25, 0.3) is 0 Å². The molecule has 2 rings (SSSR count). The van der Waals surface area contributed by atoms with Crippen molar-refractivity contribution in [3.8, 4) is 0 Å². The van der Waals surface area contributed by atoms with Gasteiger partial charge in [0, 0.05) is 12.6 Å². The van der Waals surface area contributed by atoms with E-state index in [0.717, 1.165) is 30.2 Å². The van der Waals surface area contributed by atoms with Gasteiger partial charge in [0.05, 0.1) is 12.4 Å². The molecule has 0 fully saturated rings. The van der Waals surface area contributed by atoms with Crippen LogP contribution in [0.5, 0.6) is 0 Å². The lowest BCUT2D eigenvalue weighted by atomic mass is 10.1. The molecule has 2 aromatic rings. The smallest absolute Gasteiger partial charge is 0.147 e. The molecule has 1 aromatic heterocycles. The fourth-order valence-electron chi connectivity index (χ4n) is 1.98. The first kappa shape index (κ1) is 14.2. The fourth-order valence-corrected chi connectivity index (χ4v) is 1.98. The van der Waals surface area contributed by atoms with Crippen molar-refractivity contribution in [2.75, 3.05) is 17.2 Å². The second-order valence-corrected chi connectivity index (χ2v) is 4.70. The van der Waals surface area contributed by atoms with E-state index in [2.05, 4.69) is 27.5 Å². The number of aromatic nitrogens is 2. The minimum atomic E-state index is -0.210. The molecular formula is C15H19FN4. The topological polar surface area (TPSA) is 49.8 Å². The SMILES string of the molecule is CCNc1cncc(NC(C)Cc2ccc(F)cc2)n1. The first-order valence-electron chi connectivity index (χ1n) is 6.74. The molecule has 0 aliphatic rings. The Labute approximate surface area is 118 Å². The average molecular weight is 274 g/mol. The molecule has 1 unspecified atom stereocenters. The highest BCUT2D eigenvalue weighted by atomic mass is 19.1. The van der Waals surface area contributed by atoms with E-state index in [1.807, 2.05) is 6.92 Å². The van der Waals surface area contributed by atoms with Crippen LogP contribution < -0.4 is 10.6 Å². The van der Waals surface area contributed by atoms with Crippen molar-refractivity contribution in [1.82, 2.24) is 9.97 Å².